The van der Waals surface area contributed by atoms with Crippen molar-refractivity contribution in [3.05, 3.63) is 59.4 Å². The Morgan fingerprint density at radius 1 is 1.26 bits per heavy atom. The number of aliphatic hydroxyl groups excluding tert-OH is 1. The molecular formula is C20H24FN3O3. The van der Waals surface area contributed by atoms with E-state index >= 15 is 0 Å². The van der Waals surface area contributed by atoms with E-state index in [1.54, 1.807) is 12.1 Å². The minimum Gasteiger partial charge on any atom is -0.457 e. The quantitative estimate of drug-likeness (QED) is 0.616. The second-order valence-corrected chi connectivity index (χ2v) is 6.57. The molecule has 1 heterocycles. The highest BCUT2D eigenvalue weighted by molar-refractivity contribution is 5.95. The Balaban J connectivity index is 1.70. The molecule has 5 N–H and O–H groups in total. The summed E-state index contributed by atoms with van der Waals surface area (Å²) in [5.74, 6) is -0.259. The fraction of sp³-hybridized carbons (Fsp3) is 0.350. The summed E-state index contributed by atoms with van der Waals surface area (Å²) in [6, 6.07) is 11.1. The molecule has 27 heavy (non-hydrogen) atoms. The number of halogens is 1. The lowest BCUT2D eigenvalue weighted by molar-refractivity contribution is 0.0762. The zero-order valence-corrected chi connectivity index (χ0v) is 15.0. The van der Waals surface area contributed by atoms with Gasteiger partial charge in [-0.1, -0.05) is 12.1 Å². The zero-order valence-electron chi connectivity index (χ0n) is 15.0. The number of nitrogens with two attached hydrogens (primary N) is 1. The maximum atomic E-state index is 14.1. The molecule has 144 valence electrons. The largest absolute Gasteiger partial charge is 0.457 e. The molecule has 0 aliphatic carbocycles. The van der Waals surface area contributed by atoms with Crippen molar-refractivity contribution in [2.45, 2.75) is 25.0 Å². The molecule has 0 radical (unpaired) electrons. The summed E-state index contributed by atoms with van der Waals surface area (Å²) in [5, 5.41) is 15.7. The minimum absolute atomic E-state index is 0.113. The number of rotatable bonds is 6. The number of ether oxygens (including phenoxy) is 1. The zero-order chi connectivity index (χ0) is 19.2. The molecule has 0 aromatic heterocycles. The number of aliphatic hydroxyl groups is 1. The molecule has 0 spiro atoms. The second kappa shape index (κ2) is 8.94. The number of hydrogen-bond acceptors (Lipinski definition) is 5. The van der Waals surface area contributed by atoms with Crippen LogP contribution in [0.2, 0.25) is 0 Å². The third kappa shape index (κ3) is 5.03. The van der Waals surface area contributed by atoms with Gasteiger partial charge >= 0.3 is 0 Å². The first-order valence-corrected chi connectivity index (χ1v) is 9.03. The number of carbonyl (C=O) groups is 1. The molecule has 2 aromatic rings. The molecule has 6 nitrogen and oxygen atoms in total. The third-order valence-corrected chi connectivity index (χ3v) is 4.54. The van der Waals surface area contributed by atoms with Crippen LogP contribution in [0, 0.1) is 5.82 Å². The summed E-state index contributed by atoms with van der Waals surface area (Å²) < 4.78 is 19.9. The van der Waals surface area contributed by atoms with Gasteiger partial charge in [0, 0.05) is 6.54 Å². The van der Waals surface area contributed by atoms with Crippen LogP contribution in [0.3, 0.4) is 0 Å². The number of hydrogen-bond donors (Lipinski definition) is 4. The number of amides is 1. The first kappa shape index (κ1) is 19.3. The van der Waals surface area contributed by atoms with E-state index in [4.69, 9.17) is 10.5 Å². The maximum absolute atomic E-state index is 14.1. The molecule has 1 aliphatic heterocycles. The topological polar surface area (TPSA) is 96.6 Å². The van der Waals surface area contributed by atoms with Crippen molar-refractivity contribution in [1.29, 1.82) is 0 Å². The van der Waals surface area contributed by atoms with Crippen molar-refractivity contribution in [2.24, 2.45) is 5.73 Å². The Morgan fingerprint density at radius 2 is 2.00 bits per heavy atom. The first-order chi connectivity index (χ1) is 13.1. The maximum Gasteiger partial charge on any atom is 0.254 e. The highest BCUT2D eigenvalue weighted by atomic mass is 19.1. The van der Waals surface area contributed by atoms with Crippen LogP contribution in [0.1, 0.15) is 22.3 Å². The lowest BCUT2D eigenvalue weighted by Gasteiger charge is -2.29. The van der Waals surface area contributed by atoms with Gasteiger partial charge in [-0.15, -0.1) is 0 Å². The smallest absolute Gasteiger partial charge is 0.254 e. The van der Waals surface area contributed by atoms with Crippen molar-refractivity contribution in [3.63, 3.8) is 0 Å². The molecule has 0 unspecified atom stereocenters. The SMILES string of the molecule is NCCc1ccc(Oc2ccc(F)c(C(=O)N[C@@H]3CCNC[C@H]3O)c2)cc1. The van der Waals surface area contributed by atoms with Gasteiger partial charge in [-0.3, -0.25) is 4.79 Å². The summed E-state index contributed by atoms with van der Waals surface area (Å²) in [4.78, 5) is 12.5. The average molecular weight is 373 g/mol. The first-order valence-electron chi connectivity index (χ1n) is 9.03. The van der Waals surface area contributed by atoms with Crippen LogP contribution < -0.4 is 21.1 Å². The fourth-order valence-electron chi connectivity index (χ4n) is 3.03. The van der Waals surface area contributed by atoms with E-state index in [9.17, 15) is 14.3 Å². The Kier molecular flexibility index (Phi) is 6.39. The van der Waals surface area contributed by atoms with E-state index in [0.717, 1.165) is 12.0 Å². The molecule has 1 fully saturated rings. The summed E-state index contributed by atoms with van der Waals surface area (Å²) in [6.07, 6.45) is 0.668. The predicted molar refractivity (Wildman–Crippen MR) is 100 cm³/mol. The van der Waals surface area contributed by atoms with Crippen LogP contribution in [0.5, 0.6) is 11.5 Å². The van der Waals surface area contributed by atoms with Crippen LogP contribution in [-0.4, -0.2) is 42.8 Å². The number of benzene rings is 2. The van der Waals surface area contributed by atoms with Gasteiger partial charge in [0.15, 0.2) is 0 Å². The summed E-state index contributed by atoms with van der Waals surface area (Å²) in [7, 11) is 0. The van der Waals surface area contributed by atoms with Gasteiger partial charge in [0.25, 0.3) is 5.91 Å². The van der Waals surface area contributed by atoms with E-state index in [1.165, 1.54) is 18.2 Å². The normalized spacial score (nSPS) is 19.5. The van der Waals surface area contributed by atoms with Crippen molar-refractivity contribution >= 4 is 5.91 Å². The second-order valence-electron chi connectivity index (χ2n) is 6.57. The summed E-state index contributed by atoms with van der Waals surface area (Å²) >= 11 is 0. The monoisotopic (exact) mass is 373 g/mol. The van der Waals surface area contributed by atoms with Crippen molar-refractivity contribution in [3.8, 4) is 11.5 Å². The highest BCUT2D eigenvalue weighted by Crippen LogP contribution is 2.24. The van der Waals surface area contributed by atoms with Crippen LogP contribution in [-0.2, 0) is 6.42 Å². The van der Waals surface area contributed by atoms with Crippen molar-refractivity contribution in [1.82, 2.24) is 10.6 Å². The van der Waals surface area contributed by atoms with Crippen LogP contribution in [0.15, 0.2) is 42.5 Å². The van der Waals surface area contributed by atoms with E-state index in [-0.39, 0.29) is 5.56 Å². The number of nitrogens with one attached hydrogen (secondary N) is 2. The molecular weight excluding hydrogens is 349 g/mol. The molecule has 0 bridgehead atoms. The minimum atomic E-state index is -0.697. The average Bonchev–Trinajstić information content (AvgIpc) is 2.67. The van der Waals surface area contributed by atoms with E-state index in [1.807, 2.05) is 12.1 Å². The predicted octanol–water partition coefficient (Wildman–Crippen LogP) is 1.57. The Labute approximate surface area is 157 Å². The number of carbonyl (C=O) groups excluding carboxylic acids is 1. The Hall–Kier alpha value is -2.48. The van der Waals surface area contributed by atoms with E-state index < -0.39 is 23.9 Å². The van der Waals surface area contributed by atoms with Gasteiger partial charge in [0.1, 0.15) is 17.3 Å². The van der Waals surface area contributed by atoms with Gasteiger partial charge in [0.2, 0.25) is 0 Å². The van der Waals surface area contributed by atoms with Gasteiger partial charge < -0.3 is 26.2 Å². The molecule has 7 heteroatoms. The van der Waals surface area contributed by atoms with Crippen LogP contribution >= 0.6 is 0 Å². The van der Waals surface area contributed by atoms with Gasteiger partial charge in [-0.05, 0) is 61.8 Å². The van der Waals surface area contributed by atoms with E-state index in [0.29, 0.717) is 37.6 Å². The standard InChI is InChI=1S/C20H24FN3O3/c21-17-6-5-15(27-14-3-1-13(2-4-14)7-9-22)11-16(17)20(26)24-18-8-10-23-12-19(18)25/h1-6,11,18-19,23,25H,7-10,12,22H2,(H,24,26)/t18-,19-/m1/s1. The van der Waals surface area contributed by atoms with Crippen LogP contribution in [0.25, 0.3) is 0 Å². The lowest BCUT2D eigenvalue weighted by atomic mass is 10.0. The van der Waals surface area contributed by atoms with Gasteiger partial charge in [0.05, 0.1) is 17.7 Å². The summed E-state index contributed by atoms with van der Waals surface area (Å²) in [5.41, 5.74) is 6.52. The van der Waals surface area contributed by atoms with Gasteiger partial charge in [-0.25, -0.2) is 4.39 Å². The molecule has 1 saturated heterocycles. The van der Waals surface area contributed by atoms with Crippen molar-refractivity contribution < 1.29 is 19.0 Å². The molecule has 0 saturated carbocycles. The molecule has 1 amide bonds. The lowest BCUT2D eigenvalue weighted by Crippen LogP contribution is -2.52. The fourth-order valence-corrected chi connectivity index (χ4v) is 3.03. The molecule has 1 aliphatic rings. The molecule has 2 aromatic carbocycles. The summed E-state index contributed by atoms with van der Waals surface area (Å²) in [6.45, 7) is 1.66. The van der Waals surface area contributed by atoms with E-state index in [2.05, 4.69) is 10.6 Å². The Bertz CT molecular complexity index is 783. The number of piperidine rings is 1. The molecule has 3 rings (SSSR count). The van der Waals surface area contributed by atoms with Crippen LogP contribution in [0.4, 0.5) is 4.39 Å². The number of β-amino-alcohol motifs (C(OH)–C–C–N with tert-alkyl or cyclic N) is 1. The van der Waals surface area contributed by atoms with Crippen molar-refractivity contribution in [2.75, 3.05) is 19.6 Å². The third-order valence-electron chi connectivity index (χ3n) is 4.54. The molecule has 2 atom stereocenters. The van der Waals surface area contributed by atoms with Gasteiger partial charge in [-0.2, -0.15) is 0 Å². The Morgan fingerprint density at radius 3 is 2.70 bits per heavy atom. The highest BCUT2D eigenvalue weighted by Gasteiger charge is 2.25.